The van der Waals surface area contributed by atoms with Crippen LogP contribution in [0.15, 0.2) is 17.0 Å². The van der Waals surface area contributed by atoms with Crippen molar-refractivity contribution in [3.05, 3.63) is 17.0 Å². The van der Waals surface area contributed by atoms with Crippen molar-refractivity contribution in [2.24, 2.45) is 5.92 Å². The summed E-state index contributed by atoms with van der Waals surface area (Å²) in [6, 6.07) is 0. The van der Waals surface area contributed by atoms with Crippen LogP contribution in [0.2, 0.25) is 0 Å². The molecular formula is C10H14BrN3O. The smallest absolute Gasteiger partial charge is 0.146 e. The minimum absolute atomic E-state index is 0.240. The summed E-state index contributed by atoms with van der Waals surface area (Å²) in [5.74, 6) is 1.28. The van der Waals surface area contributed by atoms with E-state index in [0.717, 1.165) is 29.8 Å². The van der Waals surface area contributed by atoms with Gasteiger partial charge in [0.1, 0.15) is 12.1 Å². The summed E-state index contributed by atoms with van der Waals surface area (Å²) < 4.78 is 0.913. The van der Waals surface area contributed by atoms with E-state index in [1.165, 1.54) is 0 Å². The molecule has 0 bridgehead atoms. The normalized spacial score (nSPS) is 23.1. The second-order valence-electron chi connectivity index (χ2n) is 3.93. The average molecular weight is 272 g/mol. The molecule has 82 valence electrons. The maximum Gasteiger partial charge on any atom is 0.146 e. The molecule has 1 aromatic rings. The molecule has 2 rings (SSSR count). The van der Waals surface area contributed by atoms with Crippen molar-refractivity contribution in [2.45, 2.75) is 19.4 Å². The zero-order chi connectivity index (χ0) is 10.8. The summed E-state index contributed by atoms with van der Waals surface area (Å²) in [7, 11) is 0. The molecule has 1 aliphatic heterocycles. The fourth-order valence-electron chi connectivity index (χ4n) is 1.91. The Labute approximate surface area is 97.5 Å². The summed E-state index contributed by atoms with van der Waals surface area (Å²) in [6.07, 6.45) is 4.08. The number of hydrogen-bond acceptors (Lipinski definition) is 4. The zero-order valence-corrected chi connectivity index (χ0v) is 10.2. The quantitative estimate of drug-likeness (QED) is 0.885. The second kappa shape index (κ2) is 4.45. The molecule has 0 saturated carbocycles. The van der Waals surface area contributed by atoms with E-state index in [1.807, 2.05) is 6.92 Å². The molecule has 1 N–H and O–H groups in total. The van der Waals surface area contributed by atoms with Crippen molar-refractivity contribution >= 4 is 21.7 Å². The molecule has 2 unspecified atom stereocenters. The van der Waals surface area contributed by atoms with E-state index in [1.54, 1.807) is 12.5 Å². The van der Waals surface area contributed by atoms with E-state index < -0.39 is 0 Å². The highest BCUT2D eigenvalue weighted by atomic mass is 79.9. The van der Waals surface area contributed by atoms with Gasteiger partial charge in [-0.1, -0.05) is 0 Å². The Morgan fingerprint density at radius 3 is 3.07 bits per heavy atom. The van der Waals surface area contributed by atoms with Crippen LogP contribution in [0.3, 0.4) is 0 Å². The molecule has 1 fully saturated rings. The van der Waals surface area contributed by atoms with Crippen LogP contribution < -0.4 is 4.90 Å². The molecular weight excluding hydrogens is 258 g/mol. The summed E-state index contributed by atoms with van der Waals surface area (Å²) in [4.78, 5) is 10.4. The summed E-state index contributed by atoms with van der Waals surface area (Å²) >= 11 is 3.43. The van der Waals surface area contributed by atoms with Gasteiger partial charge in [-0.2, -0.15) is 0 Å². The molecule has 4 nitrogen and oxygen atoms in total. The van der Waals surface area contributed by atoms with Gasteiger partial charge in [-0.15, -0.1) is 0 Å². The molecule has 0 radical (unpaired) electrons. The van der Waals surface area contributed by atoms with Crippen molar-refractivity contribution < 1.29 is 5.11 Å². The van der Waals surface area contributed by atoms with E-state index in [9.17, 15) is 5.11 Å². The Hall–Kier alpha value is -0.680. The maximum atomic E-state index is 9.51. The van der Waals surface area contributed by atoms with Crippen LogP contribution in [0.5, 0.6) is 0 Å². The predicted molar refractivity (Wildman–Crippen MR) is 61.7 cm³/mol. The number of aliphatic hydroxyl groups is 1. The number of aromatic nitrogens is 2. The van der Waals surface area contributed by atoms with Gasteiger partial charge in [0.15, 0.2) is 0 Å². The van der Waals surface area contributed by atoms with E-state index in [4.69, 9.17) is 0 Å². The SMILES string of the molecule is CC(O)C1CCN(c2ncncc2Br)C1. The minimum atomic E-state index is -0.240. The molecule has 2 atom stereocenters. The van der Waals surface area contributed by atoms with Crippen LogP contribution in [-0.4, -0.2) is 34.3 Å². The second-order valence-corrected chi connectivity index (χ2v) is 4.78. The van der Waals surface area contributed by atoms with E-state index >= 15 is 0 Å². The number of nitrogens with zero attached hydrogens (tertiary/aromatic N) is 3. The number of hydrogen-bond donors (Lipinski definition) is 1. The Morgan fingerprint density at radius 1 is 1.67 bits per heavy atom. The van der Waals surface area contributed by atoms with Gasteiger partial charge in [-0.25, -0.2) is 9.97 Å². The van der Waals surface area contributed by atoms with Crippen LogP contribution in [-0.2, 0) is 0 Å². The number of halogens is 1. The molecule has 0 aromatic carbocycles. The fraction of sp³-hybridized carbons (Fsp3) is 0.600. The van der Waals surface area contributed by atoms with E-state index in [2.05, 4.69) is 30.8 Å². The zero-order valence-electron chi connectivity index (χ0n) is 8.60. The number of rotatable bonds is 2. The van der Waals surface area contributed by atoms with Crippen molar-refractivity contribution in [2.75, 3.05) is 18.0 Å². The first kappa shape index (κ1) is 10.8. The lowest BCUT2D eigenvalue weighted by atomic mass is 10.0. The predicted octanol–water partition coefficient (Wildman–Crippen LogP) is 1.45. The molecule has 0 spiro atoms. The maximum absolute atomic E-state index is 9.51. The first-order valence-corrected chi connectivity index (χ1v) is 5.86. The van der Waals surface area contributed by atoms with E-state index in [-0.39, 0.29) is 6.10 Å². The largest absolute Gasteiger partial charge is 0.393 e. The summed E-state index contributed by atoms with van der Waals surface area (Å²) in [6.45, 7) is 3.67. The van der Waals surface area contributed by atoms with Gasteiger partial charge in [-0.05, 0) is 29.3 Å². The fourth-order valence-corrected chi connectivity index (χ4v) is 2.38. The molecule has 1 saturated heterocycles. The van der Waals surface area contributed by atoms with Gasteiger partial charge in [0.2, 0.25) is 0 Å². The molecule has 0 aliphatic carbocycles. The van der Waals surface area contributed by atoms with Crippen LogP contribution in [0, 0.1) is 5.92 Å². The minimum Gasteiger partial charge on any atom is -0.393 e. The Morgan fingerprint density at radius 2 is 2.47 bits per heavy atom. The molecule has 0 amide bonds. The molecule has 2 heterocycles. The van der Waals surface area contributed by atoms with Gasteiger partial charge in [0, 0.05) is 25.2 Å². The average Bonchev–Trinajstić information content (AvgIpc) is 2.67. The van der Waals surface area contributed by atoms with Gasteiger partial charge < -0.3 is 10.0 Å². The monoisotopic (exact) mass is 271 g/mol. The Balaban J connectivity index is 2.11. The highest BCUT2D eigenvalue weighted by Gasteiger charge is 2.27. The van der Waals surface area contributed by atoms with Gasteiger partial charge in [0.25, 0.3) is 0 Å². The van der Waals surface area contributed by atoms with Crippen LogP contribution >= 0.6 is 15.9 Å². The first-order chi connectivity index (χ1) is 7.18. The number of anilines is 1. The van der Waals surface area contributed by atoms with Gasteiger partial charge >= 0.3 is 0 Å². The molecule has 5 heteroatoms. The lowest BCUT2D eigenvalue weighted by Crippen LogP contribution is -2.24. The van der Waals surface area contributed by atoms with Crippen LogP contribution in [0.4, 0.5) is 5.82 Å². The summed E-state index contributed by atoms with van der Waals surface area (Å²) in [5.41, 5.74) is 0. The third-order valence-electron chi connectivity index (χ3n) is 2.85. The third-order valence-corrected chi connectivity index (χ3v) is 3.41. The van der Waals surface area contributed by atoms with Crippen LogP contribution in [0.1, 0.15) is 13.3 Å². The third kappa shape index (κ3) is 2.29. The Kier molecular flexibility index (Phi) is 3.21. The topological polar surface area (TPSA) is 49.2 Å². The first-order valence-electron chi connectivity index (χ1n) is 5.07. The lowest BCUT2D eigenvalue weighted by Gasteiger charge is -2.19. The highest BCUT2D eigenvalue weighted by molar-refractivity contribution is 9.10. The van der Waals surface area contributed by atoms with Crippen molar-refractivity contribution in [1.82, 2.24) is 9.97 Å². The van der Waals surface area contributed by atoms with Gasteiger partial charge in [0.05, 0.1) is 10.6 Å². The van der Waals surface area contributed by atoms with Gasteiger partial charge in [-0.3, -0.25) is 0 Å². The van der Waals surface area contributed by atoms with Crippen LogP contribution in [0.25, 0.3) is 0 Å². The van der Waals surface area contributed by atoms with Crippen molar-refractivity contribution in [3.8, 4) is 0 Å². The standard InChI is InChI=1S/C10H14BrN3O/c1-7(15)8-2-3-14(5-8)10-9(11)4-12-6-13-10/h4,6-8,15H,2-3,5H2,1H3. The molecule has 15 heavy (non-hydrogen) atoms. The molecule has 1 aromatic heterocycles. The number of aliphatic hydroxyl groups excluding tert-OH is 1. The van der Waals surface area contributed by atoms with Crippen molar-refractivity contribution in [3.63, 3.8) is 0 Å². The molecule has 1 aliphatic rings. The van der Waals surface area contributed by atoms with E-state index in [0.29, 0.717) is 5.92 Å². The lowest BCUT2D eigenvalue weighted by molar-refractivity contribution is 0.136. The summed E-state index contributed by atoms with van der Waals surface area (Å²) in [5, 5.41) is 9.51. The Bertz CT molecular complexity index is 345. The van der Waals surface area contributed by atoms with Crippen molar-refractivity contribution in [1.29, 1.82) is 0 Å². The highest BCUT2D eigenvalue weighted by Crippen LogP contribution is 2.28.